The highest BCUT2D eigenvalue weighted by atomic mass is 127. The number of carbonyl (C=O) groups is 2. The predicted molar refractivity (Wildman–Crippen MR) is 284 cm³/mol. The molecule has 0 N–H and O–H groups in total. The largest absolute Gasteiger partial charge is 1.00 e. The van der Waals surface area contributed by atoms with E-state index in [2.05, 4.69) is 133 Å². The maximum atomic E-state index is 12.6. The normalized spacial score (nSPS) is 11.6. The molecule has 0 bridgehead atoms. The summed E-state index contributed by atoms with van der Waals surface area (Å²) in [5, 5.41) is 7.65. The Morgan fingerprint density at radius 3 is 1.06 bits per heavy atom. The minimum Gasteiger partial charge on any atom is -1.00 e. The second kappa shape index (κ2) is 27.6. The van der Waals surface area contributed by atoms with Crippen LogP contribution in [-0.2, 0) is 15.8 Å². The van der Waals surface area contributed by atoms with E-state index in [0.717, 1.165) is 23.2 Å². The highest BCUT2D eigenvalue weighted by Gasteiger charge is 2.48. The minimum absolute atomic E-state index is 0. The van der Waals surface area contributed by atoms with Gasteiger partial charge in [-0.05, 0) is 109 Å². The van der Waals surface area contributed by atoms with Gasteiger partial charge in [0.25, 0.3) is 0 Å². The molecule has 0 unspecified atom stereocenters. The molecule has 1 aliphatic rings. The zero-order chi connectivity index (χ0) is 44.2. The van der Waals surface area contributed by atoms with Crippen LogP contribution in [0.1, 0.15) is 33.3 Å². The quantitative estimate of drug-likeness (QED) is 0.0701. The third-order valence-electron chi connectivity index (χ3n) is 10.5. The molecule has 64 heavy (non-hydrogen) atoms. The van der Waals surface area contributed by atoms with E-state index in [1.54, 1.807) is 14.2 Å². The molecule has 7 aromatic carbocycles. The SMILES string of the molecule is CC.CC.COc1ccc(OC)c(C[P+](c2ccccc2)(c2ccccc2)c2ccccc2)c1.I.O=C1C=CC(=O)C(C[P+](c2ccccc2)(c2ccccc2)c2ccccc2)=C1.[I-]. The van der Waals surface area contributed by atoms with Crippen LogP contribution in [0.3, 0.4) is 0 Å². The number of rotatable bonds is 12. The predicted octanol–water partition coefficient (Wildman–Crippen LogP) is 8.49. The second-order valence-corrected chi connectivity index (χ2v) is 20.9. The van der Waals surface area contributed by atoms with Crippen LogP contribution in [0.5, 0.6) is 11.5 Å². The van der Waals surface area contributed by atoms with Gasteiger partial charge < -0.3 is 33.5 Å². The molecular formula is C56H59I2O4P2+. The maximum absolute atomic E-state index is 12.6. The summed E-state index contributed by atoms with van der Waals surface area (Å²) in [6.45, 7) is 8.00. The first-order valence-electron chi connectivity index (χ1n) is 21.3. The molecule has 0 atom stereocenters. The number of methoxy groups -OCH3 is 2. The Balaban J connectivity index is 0.000000308. The average Bonchev–Trinajstić information content (AvgIpc) is 3.36. The molecule has 8 rings (SSSR count). The Labute approximate surface area is 417 Å². The molecule has 0 heterocycles. The lowest BCUT2D eigenvalue weighted by Gasteiger charge is -2.28. The molecule has 330 valence electrons. The van der Waals surface area contributed by atoms with Gasteiger partial charge in [0.05, 0.1) is 14.2 Å². The van der Waals surface area contributed by atoms with Crippen molar-refractivity contribution in [3.8, 4) is 11.5 Å². The van der Waals surface area contributed by atoms with Crippen LogP contribution >= 0.6 is 38.5 Å². The molecule has 0 saturated heterocycles. The van der Waals surface area contributed by atoms with Crippen molar-refractivity contribution < 1.29 is 43.0 Å². The first-order valence-corrected chi connectivity index (χ1v) is 25.2. The summed E-state index contributed by atoms with van der Waals surface area (Å²) in [6.07, 6.45) is 5.63. The number of carbonyl (C=O) groups excluding carboxylic acids is 2. The van der Waals surface area contributed by atoms with Gasteiger partial charge in [0.15, 0.2) is 11.6 Å². The third-order valence-corrected chi connectivity index (χ3v) is 19.2. The summed E-state index contributed by atoms with van der Waals surface area (Å²) < 4.78 is 11.3. The lowest BCUT2D eigenvalue weighted by Crippen LogP contribution is -3.00. The van der Waals surface area contributed by atoms with E-state index >= 15 is 0 Å². The molecule has 0 spiro atoms. The van der Waals surface area contributed by atoms with Crippen molar-refractivity contribution in [2.24, 2.45) is 0 Å². The fourth-order valence-corrected chi connectivity index (χ4v) is 16.2. The number of allylic oxidation sites excluding steroid dienone is 4. The number of benzene rings is 7. The van der Waals surface area contributed by atoms with Gasteiger partial charge in [-0.3, -0.25) is 9.59 Å². The maximum Gasteiger partial charge on any atom is 0.185 e. The fourth-order valence-electron chi connectivity index (χ4n) is 7.73. The zero-order valence-electron chi connectivity index (χ0n) is 37.5. The van der Waals surface area contributed by atoms with Crippen LogP contribution in [-0.4, -0.2) is 31.9 Å². The molecule has 1 aliphatic carbocycles. The lowest BCUT2D eigenvalue weighted by atomic mass is 10.1. The molecule has 4 nitrogen and oxygen atoms in total. The van der Waals surface area contributed by atoms with Crippen molar-refractivity contribution in [1.82, 2.24) is 0 Å². The first-order chi connectivity index (χ1) is 30.5. The molecular weight excluding hydrogens is 1050 g/mol. The third kappa shape index (κ3) is 12.8. The Morgan fingerprint density at radius 2 is 0.750 bits per heavy atom. The molecule has 0 aliphatic heterocycles. The van der Waals surface area contributed by atoms with Gasteiger partial charge >= 0.3 is 0 Å². The summed E-state index contributed by atoms with van der Waals surface area (Å²) in [5.74, 6) is 1.54. The Bertz CT molecular complexity index is 2310. The molecule has 0 fully saturated rings. The molecule has 0 saturated carbocycles. The van der Waals surface area contributed by atoms with Gasteiger partial charge in [-0.15, -0.1) is 24.0 Å². The molecule has 0 aromatic heterocycles. The highest BCUT2D eigenvalue weighted by Crippen LogP contribution is 2.59. The van der Waals surface area contributed by atoms with Crippen molar-refractivity contribution in [3.05, 3.63) is 230 Å². The molecule has 7 aromatic rings. The van der Waals surface area contributed by atoms with Crippen molar-refractivity contribution in [2.45, 2.75) is 33.9 Å². The summed E-state index contributed by atoms with van der Waals surface area (Å²) in [5.41, 5.74) is 1.74. The monoisotopic (exact) mass is 1110 g/mol. The molecule has 0 radical (unpaired) electrons. The molecule has 0 amide bonds. The number of ketones is 2. The van der Waals surface area contributed by atoms with Crippen LogP contribution in [0.4, 0.5) is 0 Å². The van der Waals surface area contributed by atoms with E-state index in [1.165, 1.54) is 50.1 Å². The second-order valence-electron chi connectivity index (χ2n) is 13.9. The van der Waals surface area contributed by atoms with E-state index in [-0.39, 0.29) is 59.5 Å². The Kier molecular flexibility index (Phi) is 23.1. The zero-order valence-corrected chi connectivity index (χ0v) is 43.8. The summed E-state index contributed by atoms with van der Waals surface area (Å²) in [7, 11) is -0.699. The fraction of sp³-hybridized carbons (Fsp3) is 0.143. The van der Waals surface area contributed by atoms with Crippen LogP contribution in [0.2, 0.25) is 0 Å². The summed E-state index contributed by atoms with van der Waals surface area (Å²) in [6, 6.07) is 69.8. The van der Waals surface area contributed by atoms with Crippen molar-refractivity contribution in [3.63, 3.8) is 0 Å². The van der Waals surface area contributed by atoms with Crippen LogP contribution in [0.15, 0.2) is 224 Å². The standard InChI is InChI=1S/C27H26O2P.C25H20O2P.2C2H6.2HI/c1-28-23-18-19-27(29-2)22(20-23)21-30(24-12-6-3-7-13-24,25-14-8-4-9-15-25)26-16-10-5-11-17-26;26-21-16-17-25(27)20(18-21)19-28(22-10-4-1-5-11-22,23-12-6-2-7-13-23)24-14-8-3-9-15-24;2*1-2;;/h3-20H,21H2,1-2H3;1-18H,19H2;2*1-2H3;2*1H/q2*+1;;;;/p-1. The van der Waals surface area contributed by atoms with Crippen LogP contribution in [0.25, 0.3) is 0 Å². The van der Waals surface area contributed by atoms with E-state index in [0.29, 0.717) is 11.7 Å². The van der Waals surface area contributed by atoms with E-state index in [9.17, 15) is 9.59 Å². The number of hydrogen-bond acceptors (Lipinski definition) is 4. The van der Waals surface area contributed by atoms with E-state index in [1.807, 2.05) is 94.4 Å². The number of halogens is 2. The minimum atomic E-state index is -2.16. The number of hydrogen-bond donors (Lipinski definition) is 0. The first kappa shape index (κ1) is 53.6. The topological polar surface area (TPSA) is 52.6 Å². The van der Waals surface area contributed by atoms with Crippen LogP contribution in [0, 0.1) is 0 Å². The van der Waals surface area contributed by atoms with Gasteiger partial charge in [0.1, 0.15) is 70.2 Å². The van der Waals surface area contributed by atoms with E-state index in [4.69, 9.17) is 9.47 Å². The molecule has 8 heteroatoms. The van der Waals surface area contributed by atoms with Gasteiger partial charge in [-0.25, -0.2) is 0 Å². The lowest BCUT2D eigenvalue weighted by molar-refractivity contribution is -0.114. The van der Waals surface area contributed by atoms with Crippen molar-refractivity contribution >= 4 is 81.9 Å². The van der Waals surface area contributed by atoms with E-state index < -0.39 is 14.5 Å². The van der Waals surface area contributed by atoms with Crippen LogP contribution < -0.4 is 65.3 Å². The highest BCUT2D eigenvalue weighted by molar-refractivity contribution is 14.0. The summed E-state index contributed by atoms with van der Waals surface area (Å²) >= 11 is 0. The van der Waals surface area contributed by atoms with Gasteiger partial charge in [0.2, 0.25) is 0 Å². The average molecular weight is 1110 g/mol. The Hall–Kier alpha value is -4.72. The van der Waals surface area contributed by atoms with Crippen molar-refractivity contribution in [1.29, 1.82) is 0 Å². The van der Waals surface area contributed by atoms with Crippen molar-refractivity contribution in [2.75, 3.05) is 20.4 Å². The Morgan fingerprint density at radius 1 is 0.422 bits per heavy atom. The van der Waals surface area contributed by atoms with Gasteiger partial charge in [0, 0.05) is 11.1 Å². The summed E-state index contributed by atoms with van der Waals surface area (Å²) in [4.78, 5) is 24.6. The van der Waals surface area contributed by atoms with Gasteiger partial charge in [-0.2, -0.15) is 0 Å². The van der Waals surface area contributed by atoms with Gasteiger partial charge in [-0.1, -0.05) is 137 Å². The smallest absolute Gasteiger partial charge is 0.185 e. The number of ether oxygens (including phenoxy) is 2.